The van der Waals surface area contributed by atoms with Gasteiger partial charge in [-0.1, -0.05) is 35.9 Å². The minimum absolute atomic E-state index is 0.0815. The maximum atomic E-state index is 13.2. The number of carbonyl (C=O) groups excluding carboxylic acids is 1. The highest BCUT2D eigenvalue weighted by molar-refractivity contribution is 6.30. The number of rotatable bonds is 5. The summed E-state index contributed by atoms with van der Waals surface area (Å²) in [5.74, 6) is -0.0815. The number of aromatic nitrogens is 1. The summed E-state index contributed by atoms with van der Waals surface area (Å²) in [6, 6.07) is 13.3. The predicted molar refractivity (Wildman–Crippen MR) is 119 cm³/mol. The van der Waals surface area contributed by atoms with Crippen molar-refractivity contribution in [3.63, 3.8) is 0 Å². The number of hydrogen-bond acceptors (Lipinski definition) is 3. The molecule has 0 unspecified atom stereocenters. The van der Waals surface area contributed by atoms with Crippen molar-refractivity contribution >= 4 is 28.4 Å². The molecule has 1 N–H and O–H groups in total. The second-order valence-corrected chi connectivity index (χ2v) is 8.35. The molecule has 1 atom stereocenters. The topological polar surface area (TPSA) is 62.4 Å². The molecule has 0 spiro atoms. The third kappa shape index (κ3) is 4.27. The minimum Gasteiger partial charge on any atom is -0.368 e. The van der Waals surface area contributed by atoms with Crippen LogP contribution in [0, 0.1) is 13.8 Å². The second kappa shape index (κ2) is 8.62. The standard InChI is InChI=1S/C24H25ClN2O3/c1-15-5-8-18-12-19(23(28)26-22(18)16(15)2)14-27(24(29)21-4-3-11-30-21)13-17-6-9-20(25)10-7-17/h5-10,12,21H,3-4,11,13-14H2,1-2H3,(H,26,28)/t21-/m1/s1. The molecule has 1 aliphatic rings. The first-order chi connectivity index (χ1) is 14.4. The lowest BCUT2D eigenvalue weighted by Crippen LogP contribution is -2.39. The molecule has 1 aromatic heterocycles. The molecule has 3 aromatic rings. The second-order valence-electron chi connectivity index (χ2n) is 7.92. The number of fused-ring (bicyclic) bond motifs is 1. The lowest BCUT2D eigenvalue weighted by molar-refractivity contribution is -0.142. The highest BCUT2D eigenvalue weighted by Crippen LogP contribution is 2.22. The van der Waals surface area contributed by atoms with Crippen molar-refractivity contribution in [2.45, 2.75) is 45.9 Å². The molecule has 0 bridgehead atoms. The molecule has 1 saturated heterocycles. The van der Waals surface area contributed by atoms with Crippen LogP contribution in [0.2, 0.25) is 5.02 Å². The fraction of sp³-hybridized carbons (Fsp3) is 0.333. The number of H-pyrrole nitrogens is 1. The molecule has 6 heteroatoms. The molecule has 1 fully saturated rings. The Morgan fingerprint density at radius 1 is 1.17 bits per heavy atom. The van der Waals surface area contributed by atoms with Gasteiger partial charge in [0.1, 0.15) is 6.10 Å². The number of hydrogen-bond donors (Lipinski definition) is 1. The monoisotopic (exact) mass is 424 g/mol. The van der Waals surface area contributed by atoms with Crippen LogP contribution in [0.1, 0.15) is 35.1 Å². The van der Waals surface area contributed by atoms with E-state index in [2.05, 4.69) is 4.98 Å². The van der Waals surface area contributed by atoms with Crippen molar-refractivity contribution in [1.29, 1.82) is 0 Å². The van der Waals surface area contributed by atoms with E-state index in [1.54, 1.807) is 17.0 Å². The Hall–Kier alpha value is -2.63. The number of aromatic amines is 1. The van der Waals surface area contributed by atoms with Crippen LogP contribution in [0.4, 0.5) is 0 Å². The van der Waals surface area contributed by atoms with E-state index in [9.17, 15) is 9.59 Å². The average molecular weight is 425 g/mol. The van der Waals surface area contributed by atoms with Gasteiger partial charge in [-0.25, -0.2) is 0 Å². The van der Waals surface area contributed by atoms with Crippen molar-refractivity contribution in [3.8, 4) is 0 Å². The van der Waals surface area contributed by atoms with Crippen molar-refractivity contribution in [2.24, 2.45) is 0 Å². The molecular formula is C24H25ClN2O3. The van der Waals surface area contributed by atoms with E-state index in [0.717, 1.165) is 34.0 Å². The van der Waals surface area contributed by atoms with Crippen LogP contribution in [0.15, 0.2) is 47.3 Å². The Morgan fingerprint density at radius 2 is 1.93 bits per heavy atom. The first-order valence-corrected chi connectivity index (χ1v) is 10.6. The van der Waals surface area contributed by atoms with Crippen LogP contribution in [0.25, 0.3) is 10.9 Å². The van der Waals surface area contributed by atoms with Gasteiger partial charge in [0, 0.05) is 23.7 Å². The lowest BCUT2D eigenvalue weighted by Gasteiger charge is -2.25. The van der Waals surface area contributed by atoms with Gasteiger partial charge in [-0.3, -0.25) is 9.59 Å². The average Bonchev–Trinajstić information content (AvgIpc) is 3.27. The molecule has 30 heavy (non-hydrogen) atoms. The van der Waals surface area contributed by atoms with Crippen LogP contribution in [0.5, 0.6) is 0 Å². The van der Waals surface area contributed by atoms with Crippen LogP contribution in [0.3, 0.4) is 0 Å². The number of carbonyl (C=O) groups is 1. The summed E-state index contributed by atoms with van der Waals surface area (Å²) in [5, 5.41) is 1.61. The molecule has 2 heterocycles. The fourth-order valence-corrected chi connectivity index (χ4v) is 4.02. The summed E-state index contributed by atoms with van der Waals surface area (Å²) in [6.45, 7) is 5.23. The maximum absolute atomic E-state index is 13.2. The number of ether oxygens (including phenoxy) is 1. The number of aryl methyl sites for hydroxylation is 2. The van der Waals surface area contributed by atoms with E-state index in [0.29, 0.717) is 30.2 Å². The fourth-order valence-electron chi connectivity index (χ4n) is 3.89. The van der Waals surface area contributed by atoms with E-state index in [4.69, 9.17) is 16.3 Å². The summed E-state index contributed by atoms with van der Waals surface area (Å²) in [7, 11) is 0. The van der Waals surface area contributed by atoms with Crippen LogP contribution in [-0.2, 0) is 22.6 Å². The Bertz CT molecular complexity index is 1130. The van der Waals surface area contributed by atoms with Crippen LogP contribution >= 0.6 is 11.6 Å². The van der Waals surface area contributed by atoms with E-state index in [1.807, 2.05) is 44.2 Å². The molecule has 156 valence electrons. The third-order valence-electron chi connectivity index (χ3n) is 5.79. The van der Waals surface area contributed by atoms with Crippen LogP contribution < -0.4 is 5.56 Å². The van der Waals surface area contributed by atoms with E-state index in [1.165, 1.54) is 0 Å². The van der Waals surface area contributed by atoms with E-state index >= 15 is 0 Å². The van der Waals surface area contributed by atoms with Gasteiger partial charge in [-0.15, -0.1) is 0 Å². The minimum atomic E-state index is -0.443. The van der Waals surface area contributed by atoms with E-state index < -0.39 is 6.10 Å². The molecule has 0 radical (unpaired) electrons. The van der Waals surface area contributed by atoms with Crippen molar-refractivity contribution in [3.05, 3.63) is 80.1 Å². The predicted octanol–water partition coefficient (Wildman–Crippen LogP) is 4.51. The van der Waals surface area contributed by atoms with Gasteiger partial charge in [0.2, 0.25) is 0 Å². The Morgan fingerprint density at radius 3 is 2.63 bits per heavy atom. The zero-order chi connectivity index (χ0) is 21.3. The number of nitrogens with zero attached hydrogens (tertiary/aromatic N) is 1. The summed E-state index contributed by atoms with van der Waals surface area (Å²) < 4.78 is 5.62. The normalized spacial score (nSPS) is 16.2. The van der Waals surface area contributed by atoms with Gasteiger partial charge in [0.25, 0.3) is 11.5 Å². The van der Waals surface area contributed by atoms with Gasteiger partial charge in [0.05, 0.1) is 12.1 Å². The van der Waals surface area contributed by atoms with Gasteiger partial charge < -0.3 is 14.6 Å². The smallest absolute Gasteiger partial charge is 0.253 e. The van der Waals surface area contributed by atoms with Crippen LogP contribution in [-0.4, -0.2) is 28.5 Å². The molecule has 1 amide bonds. The molecule has 5 nitrogen and oxygen atoms in total. The highest BCUT2D eigenvalue weighted by Gasteiger charge is 2.29. The quantitative estimate of drug-likeness (QED) is 0.655. The number of nitrogens with one attached hydrogen (secondary N) is 1. The third-order valence-corrected chi connectivity index (χ3v) is 6.04. The van der Waals surface area contributed by atoms with Gasteiger partial charge >= 0.3 is 0 Å². The molecular weight excluding hydrogens is 400 g/mol. The Kier molecular flexibility index (Phi) is 5.93. The lowest BCUT2D eigenvalue weighted by atomic mass is 10.0. The number of benzene rings is 2. The summed E-state index contributed by atoms with van der Waals surface area (Å²) in [6.07, 6.45) is 1.14. The van der Waals surface area contributed by atoms with Gasteiger partial charge in [0.15, 0.2) is 0 Å². The first kappa shape index (κ1) is 20.6. The largest absolute Gasteiger partial charge is 0.368 e. The number of halogens is 1. The molecule has 0 saturated carbocycles. The number of pyridine rings is 1. The van der Waals surface area contributed by atoms with Crippen molar-refractivity contribution in [2.75, 3.05) is 6.61 Å². The maximum Gasteiger partial charge on any atom is 0.253 e. The van der Waals surface area contributed by atoms with Crippen molar-refractivity contribution in [1.82, 2.24) is 9.88 Å². The first-order valence-electron chi connectivity index (χ1n) is 10.2. The summed E-state index contributed by atoms with van der Waals surface area (Å²) >= 11 is 6.00. The summed E-state index contributed by atoms with van der Waals surface area (Å²) in [5.41, 5.74) is 4.38. The van der Waals surface area contributed by atoms with E-state index in [-0.39, 0.29) is 18.0 Å². The zero-order valence-corrected chi connectivity index (χ0v) is 18.0. The van der Waals surface area contributed by atoms with Gasteiger partial charge in [-0.2, -0.15) is 0 Å². The van der Waals surface area contributed by atoms with Crippen molar-refractivity contribution < 1.29 is 9.53 Å². The summed E-state index contributed by atoms with van der Waals surface area (Å²) in [4.78, 5) is 30.7. The SMILES string of the molecule is Cc1ccc2cc(CN(Cc3ccc(Cl)cc3)C(=O)[C@H]3CCCO3)c(=O)[nH]c2c1C. The number of amides is 1. The molecule has 1 aliphatic heterocycles. The highest BCUT2D eigenvalue weighted by atomic mass is 35.5. The zero-order valence-electron chi connectivity index (χ0n) is 17.2. The Balaban J connectivity index is 1.67. The molecule has 4 rings (SSSR count). The molecule has 0 aliphatic carbocycles. The van der Waals surface area contributed by atoms with Gasteiger partial charge in [-0.05, 0) is 67.0 Å². The Labute approximate surface area is 180 Å². The molecule has 2 aromatic carbocycles.